The molecule has 0 bridgehead atoms. The number of hydrogen-bond acceptors (Lipinski definition) is 4. The Labute approximate surface area is 125 Å². The Morgan fingerprint density at radius 2 is 2.14 bits per heavy atom. The lowest BCUT2D eigenvalue weighted by Gasteiger charge is -2.18. The molecule has 0 aromatic carbocycles. The number of amides is 1. The third-order valence-electron chi connectivity index (χ3n) is 3.51. The lowest BCUT2D eigenvalue weighted by atomic mass is 10.0. The first-order chi connectivity index (χ1) is 10.1. The van der Waals surface area contributed by atoms with E-state index in [0.29, 0.717) is 25.8 Å². The van der Waals surface area contributed by atoms with E-state index in [0.717, 1.165) is 32.1 Å². The summed E-state index contributed by atoms with van der Waals surface area (Å²) in [7, 11) is 0. The Kier molecular flexibility index (Phi) is 8.50. The van der Waals surface area contributed by atoms with Crippen molar-refractivity contribution in [3.63, 3.8) is 0 Å². The fourth-order valence-corrected chi connectivity index (χ4v) is 2.22. The summed E-state index contributed by atoms with van der Waals surface area (Å²) in [6.45, 7) is 0.480. The Hall–Kier alpha value is -1.56. The maximum atomic E-state index is 11.6. The molecule has 0 radical (unpaired) electrons. The van der Waals surface area contributed by atoms with Crippen LogP contribution in [0.25, 0.3) is 0 Å². The van der Waals surface area contributed by atoms with Gasteiger partial charge in [0.2, 0.25) is 0 Å². The van der Waals surface area contributed by atoms with E-state index >= 15 is 0 Å². The van der Waals surface area contributed by atoms with Gasteiger partial charge in [-0.25, -0.2) is 4.79 Å². The number of carbonyl (C=O) groups excluding carboxylic acids is 1. The van der Waals surface area contributed by atoms with E-state index in [9.17, 15) is 9.59 Å². The molecule has 0 saturated carbocycles. The van der Waals surface area contributed by atoms with E-state index in [1.807, 2.05) is 0 Å². The van der Waals surface area contributed by atoms with Crippen LogP contribution in [-0.2, 0) is 9.53 Å². The predicted octanol–water partition coefficient (Wildman–Crippen LogP) is 2.18. The van der Waals surface area contributed by atoms with Gasteiger partial charge in [0.05, 0.1) is 0 Å². The van der Waals surface area contributed by atoms with E-state index < -0.39 is 18.1 Å². The highest BCUT2D eigenvalue weighted by Crippen LogP contribution is 2.15. The standard InChI is InChI=1S/C15H26N2O4/c16-13(14(18)19)10-6-7-11-17-15(20)21-12-8-4-2-1-3-5-9-12/h2,4,12-13H,1,3,5-11,16H2,(H,17,20)(H,18,19)/b4-2+/t12?,13-/m0/s1. The summed E-state index contributed by atoms with van der Waals surface area (Å²) in [6.07, 6.45) is 10.6. The van der Waals surface area contributed by atoms with Crippen molar-refractivity contribution in [2.24, 2.45) is 5.73 Å². The first kappa shape index (κ1) is 17.5. The molecule has 0 fully saturated rings. The van der Waals surface area contributed by atoms with Crippen LogP contribution in [0.15, 0.2) is 12.2 Å². The molecule has 21 heavy (non-hydrogen) atoms. The molecule has 1 unspecified atom stereocenters. The quantitative estimate of drug-likeness (QED) is 0.494. The van der Waals surface area contributed by atoms with Gasteiger partial charge in [-0.2, -0.15) is 0 Å². The maximum Gasteiger partial charge on any atom is 0.407 e. The third kappa shape index (κ3) is 8.34. The van der Waals surface area contributed by atoms with Gasteiger partial charge < -0.3 is 20.9 Å². The Bertz CT molecular complexity index is 358. The number of carboxylic acids is 1. The minimum atomic E-state index is -0.986. The van der Waals surface area contributed by atoms with Gasteiger partial charge in [0.15, 0.2) is 0 Å². The normalized spacial score (nSPS) is 21.7. The van der Waals surface area contributed by atoms with Crippen molar-refractivity contribution in [3.05, 3.63) is 12.2 Å². The molecule has 0 aromatic rings. The van der Waals surface area contributed by atoms with Crippen LogP contribution in [0.4, 0.5) is 4.79 Å². The van der Waals surface area contributed by atoms with Gasteiger partial charge >= 0.3 is 12.1 Å². The third-order valence-corrected chi connectivity index (χ3v) is 3.51. The summed E-state index contributed by atoms with van der Waals surface area (Å²) in [5.74, 6) is -0.986. The largest absolute Gasteiger partial charge is 0.480 e. The van der Waals surface area contributed by atoms with Crippen molar-refractivity contribution in [2.45, 2.75) is 63.5 Å². The zero-order valence-corrected chi connectivity index (χ0v) is 12.4. The zero-order chi connectivity index (χ0) is 15.5. The SMILES string of the molecule is N[C@@H](CCCCNC(=O)OC1C/C=C/CCCC1)C(=O)O. The van der Waals surface area contributed by atoms with Gasteiger partial charge in [-0.05, 0) is 44.9 Å². The number of carboxylic acid groups (broad SMARTS) is 1. The highest BCUT2D eigenvalue weighted by molar-refractivity contribution is 5.72. The topological polar surface area (TPSA) is 102 Å². The van der Waals surface area contributed by atoms with Gasteiger partial charge in [0, 0.05) is 13.0 Å². The summed E-state index contributed by atoms with van der Waals surface area (Å²) >= 11 is 0. The van der Waals surface area contributed by atoms with E-state index in [2.05, 4.69) is 17.5 Å². The van der Waals surface area contributed by atoms with Crippen molar-refractivity contribution in [3.8, 4) is 0 Å². The summed E-state index contributed by atoms with van der Waals surface area (Å²) < 4.78 is 5.37. The smallest absolute Gasteiger partial charge is 0.407 e. The number of rotatable bonds is 7. The fourth-order valence-electron chi connectivity index (χ4n) is 2.22. The molecule has 0 aliphatic heterocycles. The number of aliphatic carboxylic acids is 1. The van der Waals surface area contributed by atoms with Gasteiger partial charge in [-0.3, -0.25) is 4.79 Å². The van der Waals surface area contributed by atoms with Crippen LogP contribution in [0.5, 0.6) is 0 Å². The van der Waals surface area contributed by atoms with Crippen molar-refractivity contribution >= 4 is 12.1 Å². The van der Waals surface area contributed by atoms with Crippen LogP contribution in [0.3, 0.4) is 0 Å². The van der Waals surface area contributed by atoms with Gasteiger partial charge in [0.25, 0.3) is 0 Å². The summed E-state index contributed by atoms with van der Waals surface area (Å²) in [6, 6.07) is -0.821. The van der Waals surface area contributed by atoms with Crippen LogP contribution < -0.4 is 11.1 Å². The number of alkyl carbamates (subject to hydrolysis) is 1. The highest BCUT2D eigenvalue weighted by atomic mass is 16.6. The first-order valence-corrected chi connectivity index (χ1v) is 7.67. The summed E-state index contributed by atoms with van der Waals surface area (Å²) in [4.78, 5) is 22.2. The van der Waals surface area contributed by atoms with E-state index in [1.165, 1.54) is 0 Å². The number of ether oxygens (including phenoxy) is 1. The number of nitrogens with one attached hydrogen (secondary N) is 1. The molecule has 1 amide bonds. The lowest BCUT2D eigenvalue weighted by Crippen LogP contribution is -2.31. The second-order valence-corrected chi connectivity index (χ2v) is 5.39. The Morgan fingerprint density at radius 3 is 2.90 bits per heavy atom. The summed E-state index contributed by atoms with van der Waals surface area (Å²) in [5, 5.41) is 11.3. The average molecular weight is 298 g/mol. The highest BCUT2D eigenvalue weighted by Gasteiger charge is 2.14. The molecule has 0 spiro atoms. The first-order valence-electron chi connectivity index (χ1n) is 7.67. The maximum absolute atomic E-state index is 11.6. The van der Waals surface area contributed by atoms with Gasteiger partial charge in [-0.1, -0.05) is 12.2 Å². The monoisotopic (exact) mass is 298 g/mol. The van der Waals surface area contributed by atoms with Gasteiger partial charge in [-0.15, -0.1) is 0 Å². The van der Waals surface area contributed by atoms with Crippen LogP contribution >= 0.6 is 0 Å². The Morgan fingerprint density at radius 1 is 1.33 bits per heavy atom. The van der Waals surface area contributed by atoms with Crippen molar-refractivity contribution in [2.75, 3.05) is 6.54 Å². The molecule has 0 heterocycles. The number of allylic oxidation sites excluding steroid dienone is 1. The van der Waals surface area contributed by atoms with Crippen molar-refractivity contribution in [1.82, 2.24) is 5.32 Å². The molecule has 1 aliphatic rings. The second kappa shape index (κ2) is 10.2. The number of carbonyl (C=O) groups is 2. The van der Waals surface area contributed by atoms with Crippen LogP contribution in [0.2, 0.25) is 0 Å². The molecule has 6 nitrogen and oxygen atoms in total. The second-order valence-electron chi connectivity index (χ2n) is 5.39. The average Bonchev–Trinajstić information content (AvgIpc) is 2.41. The molecule has 4 N–H and O–H groups in total. The minimum absolute atomic E-state index is 0.0398. The van der Waals surface area contributed by atoms with Gasteiger partial charge in [0.1, 0.15) is 12.1 Å². The molecule has 120 valence electrons. The molecule has 0 saturated heterocycles. The van der Waals surface area contributed by atoms with E-state index in [-0.39, 0.29) is 6.10 Å². The van der Waals surface area contributed by atoms with Crippen LogP contribution in [-0.4, -0.2) is 35.9 Å². The van der Waals surface area contributed by atoms with Crippen molar-refractivity contribution < 1.29 is 19.4 Å². The number of unbranched alkanes of at least 4 members (excludes halogenated alkanes) is 1. The molecule has 1 rings (SSSR count). The molecule has 6 heteroatoms. The van der Waals surface area contributed by atoms with Crippen molar-refractivity contribution in [1.29, 1.82) is 0 Å². The lowest BCUT2D eigenvalue weighted by molar-refractivity contribution is -0.138. The Balaban J connectivity index is 2.09. The number of hydrogen-bond donors (Lipinski definition) is 3. The molecular formula is C15H26N2O4. The predicted molar refractivity (Wildman–Crippen MR) is 80.0 cm³/mol. The molecule has 0 aromatic heterocycles. The van der Waals surface area contributed by atoms with Crippen LogP contribution in [0, 0.1) is 0 Å². The van der Waals surface area contributed by atoms with E-state index in [1.54, 1.807) is 0 Å². The fraction of sp³-hybridized carbons (Fsp3) is 0.733. The molecule has 2 atom stereocenters. The summed E-state index contributed by atoms with van der Waals surface area (Å²) in [5.41, 5.74) is 5.39. The molecular weight excluding hydrogens is 272 g/mol. The van der Waals surface area contributed by atoms with E-state index in [4.69, 9.17) is 15.6 Å². The number of nitrogens with two attached hydrogens (primary N) is 1. The van der Waals surface area contributed by atoms with Crippen LogP contribution in [0.1, 0.15) is 51.4 Å². The zero-order valence-electron chi connectivity index (χ0n) is 12.4. The minimum Gasteiger partial charge on any atom is -0.480 e. The molecule has 1 aliphatic carbocycles.